The highest BCUT2D eigenvalue weighted by Crippen LogP contribution is 2.29. The zero-order valence-corrected chi connectivity index (χ0v) is 12.3. The van der Waals surface area contributed by atoms with E-state index in [0.717, 1.165) is 17.7 Å². The van der Waals surface area contributed by atoms with E-state index in [1.807, 2.05) is 30.0 Å². The van der Waals surface area contributed by atoms with Gasteiger partial charge in [0.05, 0.1) is 6.42 Å². The van der Waals surface area contributed by atoms with Crippen LogP contribution in [0, 0.1) is 5.92 Å². The molecule has 0 spiro atoms. The van der Waals surface area contributed by atoms with Gasteiger partial charge in [-0.3, -0.25) is 4.79 Å². The molecule has 1 aliphatic carbocycles. The van der Waals surface area contributed by atoms with Crippen LogP contribution in [0.3, 0.4) is 0 Å². The highest BCUT2D eigenvalue weighted by atomic mass is 16.4. The SMILES string of the molecule is CCN(CC1CC1)C(=O)NCc1ccccc1CC(=O)O. The van der Waals surface area contributed by atoms with Crippen molar-refractivity contribution in [2.75, 3.05) is 13.1 Å². The fourth-order valence-electron chi connectivity index (χ4n) is 2.32. The number of hydrogen-bond acceptors (Lipinski definition) is 2. The quantitative estimate of drug-likeness (QED) is 0.809. The number of amides is 2. The maximum absolute atomic E-state index is 12.1. The smallest absolute Gasteiger partial charge is 0.317 e. The van der Waals surface area contributed by atoms with Gasteiger partial charge in [0, 0.05) is 19.6 Å². The van der Waals surface area contributed by atoms with E-state index in [1.54, 1.807) is 6.07 Å². The molecule has 0 saturated heterocycles. The standard InChI is InChI=1S/C16H22N2O3/c1-2-18(11-12-7-8-12)16(21)17-10-14-6-4-3-5-13(14)9-15(19)20/h3-6,12H,2,7-11H2,1H3,(H,17,21)(H,19,20). The van der Waals surface area contributed by atoms with Gasteiger partial charge in [0.1, 0.15) is 0 Å². The summed E-state index contributed by atoms with van der Waals surface area (Å²) >= 11 is 0. The van der Waals surface area contributed by atoms with Gasteiger partial charge in [-0.25, -0.2) is 4.79 Å². The van der Waals surface area contributed by atoms with Crippen molar-refractivity contribution >= 4 is 12.0 Å². The summed E-state index contributed by atoms with van der Waals surface area (Å²) in [6.45, 7) is 3.85. The first kappa shape index (κ1) is 15.4. The molecule has 2 rings (SSSR count). The van der Waals surface area contributed by atoms with Gasteiger partial charge < -0.3 is 15.3 Å². The van der Waals surface area contributed by atoms with Crippen LogP contribution in [-0.2, 0) is 17.8 Å². The first-order chi connectivity index (χ1) is 10.1. The second kappa shape index (κ2) is 7.11. The number of nitrogens with one attached hydrogen (secondary N) is 1. The molecule has 0 atom stereocenters. The predicted molar refractivity (Wildman–Crippen MR) is 80.0 cm³/mol. The van der Waals surface area contributed by atoms with Crippen LogP contribution in [-0.4, -0.2) is 35.1 Å². The molecule has 2 N–H and O–H groups in total. The van der Waals surface area contributed by atoms with E-state index >= 15 is 0 Å². The Balaban J connectivity index is 1.92. The number of aliphatic carboxylic acids is 1. The Labute approximate surface area is 125 Å². The summed E-state index contributed by atoms with van der Waals surface area (Å²) in [5.41, 5.74) is 1.60. The largest absolute Gasteiger partial charge is 0.481 e. The average molecular weight is 290 g/mol. The van der Waals surface area contributed by atoms with Crippen LogP contribution < -0.4 is 5.32 Å². The molecule has 0 unspecified atom stereocenters. The lowest BCUT2D eigenvalue weighted by atomic mass is 10.0. The number of nitrogens with zero attached hydrogens (tertiary/aromatic N) is 1. The van der Waals surface area contributed by atoms with Crippen molar-refractivity contribution < 1.29 is 14.7 Å². The molecule has 21 heavy (non-hydrogen) atoms. The molecule has 5 heteroatoms. The van der Waals surface area contributed by atoms with Crippen molar-refractivity contribution in [3.63, 3.8) is 0 Å². The zero-order chi connectivity index (χ0) is 15.2. The Morgan fingerprint density at radius 1 is 1.29 bits per heavy atom. The molecule has 5 nitrogen and oxygen atoms in total. The number of rotatable bonds is 7. The van der Waals surface area contributed by atoms with Crippen LogP contribution in [0.15, 0.2) is 24.3 Å². The normalized spacial score (nSPS) is 13.8. The molecule has 1 aromatic rings. The summed E-state index contributed by atoms with van der Waals surface area (Å²) in [6.07, 6.45) is 2.40. The van der Waals surface area contributed by atoms with Crippen LogP contribution >= 0.6 is 0 Å². The van der Waals surface area contributed by atoms with E-state index < -0.39 is 5.97 Å². The molecule has 1 saturated carbocycles. The fourth-order valence-corrected chi connectivity index (χ4v) is 2.32. The fraction of sp³-hybridized carbons (Fsp3) is 0.500. The second-order valence-corrected chi connectivity index (χ2v) is 5.48. The van der Waals surface area contributed by atoms with Gasteiger partial charge in [0.2, 0.25) is 0 Å². The van der Waals surface area contributed by atoms with E-state index in [1.165, 1.54) is 12.8 Å². The number of hydrogen-bond donors (Lipinski definition) is 2. The molecule has 2 amide bonds. The summed E-state index contributed by atoms with van der Waals surface area (Å²) in [5, 5.41) is 11.8. The van der Waals surface area contributed by atoms with Gasteiger partial charge in [0.25, 0.3) is 0 Å². The molecule has 0 heterocycles. The Hall–Kier alpha value is -2.04. The molecule has 114 valence electrons. The van der Waals surface area contributed by atoms with Crippen molar-refractivity contribution in [1.82, 2.24) is 10.2 Å². The minimum Gasteiger partial charge on any atom is -0.481 e. The monoisotopic (exact) mass is 290 g/mol. The van der Waals surface area contributed by atoms with E-state index in [4.69, 9.17) is 5.11 Å². The van der Waals surface area contributed by atoms with Gasteiger partial charge >= 0.3 is 12.0 Å². The molecule has 1 aromatic carbocycles. The first-order valence-corrected chi connectivity index (χ1v) is 7.41. The summed E-state index contributed by atoms with van der Waals surface area (Å²) in [7, 11) is 0. The van der Waals surface area contributed by atoms with Crippen LogP contribution in [0.5, 0.6) is 0 Å². The van der Waals surface area contributed by atoms with Gasteiger partial charge in [-0.2, -0.15) is 0 Å². The van der Waals surface area contributed by atoms with Crippen LogP contribution in [0.25, 0.3) is 0 Å². The third kappa shape index (κ3) is 4.77. The van der Waals surface area contributed by atoms with E-state index in [9.17, 15) is 9.59 Å². The molecule has 1 aliphatic rings. The third-order valence-corrected chi connectivity index (χ3v) is 3.73. The number of urea groups is 1. The summed E-state index contributed by atoms with van der Waals surface area (Å²) in [6, 6.07) is 7.24. The van der Waals surface area contributed by atoms with Crippen molar-refractivity contribution in [3.05, 3.63) is 35.4 Å². The number of carboxylic acids is 1. The zero-order valence-electron chi connectivity index (χ0n) is 12.3. The Morgan fingerprint density at radius 2 is 1.95 bits per heavy atom. The van der Waals surface area contributed by atoms with Gasteiger partial charge in [-0.1, -0.05) is 24.3 Å². The Bertz CT molecular complexity index is 512. The van der Waals surface area contributed by atoms with E-state index in [-0.39, 0.29) is 12.5 Å². The molecular weight excluding hydrogens is 268 g/mol. The Kier molecular flexibility index (Phi) is 5.20. The highest BCUT2D eigenvalue weighted by Gasteiger charge is 2.25. The number of carboxylic acid groups (broad SMARTS) is 1. The summed E-state index contributed by atoms with van der Waals surface area (Å²) < 4.78 is 0. The minimum absolute atomic E-state index is 0.0222. The first-order valence-electron chi connectivity index (χ1n) is 7.41. The number of carbonyl (C=O) groups is 2. The van der Waals surface area contributed by atoms with Gasteiger partial charge in [-0.05, 0) is 36.8 Å². The Morgan fingerprint density at radius 3 is 2.52 bits per heavy atom. The highest BCUT2D eigenvalue weighted by molar-refractivity contribution is 5.74. The predicted octanol–water partition coefficient (Wildman–Crippen LogP) is 2.26. The molecule has 0 aromatic heterocycles. The molecule has 0 aliphatic heterocycles. The maximum Gasteiger partial charge on any atom is 0.317 e. The molecule has 0 radical (unpaired) electrons. The maximum atomic E-state index is 12.1. The summed E-state index contributed by atoms with van der Waals surface area (Å²) in [5.74, 6) is -0.201. The van der Waals surface area contributed by atoms with Gasteiger partial charge in [-0.15, -0.1) is 0 Å². The molecule has 1 fully saturated rings. The van der Waals surface area contributed by atoms with E-state index in [2.05, 4.69) is 5.32 Å². The van der Waals surface area contributed by atoms with Crippen molar-refractivity contribution in [2.45, 2.75) is 32.7 Å². The van der Waals surface area contributed by atoms with Gasteiger partial charge in [0.15, 0.2) is 0 Å². The minimum atomic E-state index is -0.863. The lowest BCUT2D eigenvalue weighted by molar-refractivity contribution is -0.136. The third-order valence-electron chi connectivity index (χ3n) is 3.73. The van der Waals surface area contributed by atoms with Crippen molar-refractivity contribution in [2.24, 2.45) is 5.92 Å². The van der Waals surface area contributed by atoms with E-state index in [0.29, 0.717) is 19.0 Å². The molecular formula is C16H22N2O3. The number of carbonyl (C=O) groups excluding carboxylic acids is 1. The summed E-state index contributed by atoms with van der Waals surface area (Å²) in [4.78, 5) is 24.8. The topological polar surface area (TPSA) is 69.6 Å². The molecule has 0 bridgehead atoms. The average Bonchev–Trinajstić information content (AvgIpc) is 3.27. The second-order valence-electron chi connectivity index (χ2n) is 5.48. The van der Waals surface area contributed by atoms with Crippen molar-refractivity contribution in [3.8, 4) is 0 Å². The van der Waals surface area contributed by atoms with Crippen LogP contribution in [0.4, 0.5) is 4.79 Å². The lowest BCUT2D eigenvalue weighted by Gasteiger charge is -2.21. The van der Waals surface area contributed by atoms with Crippen LogP contribution in [0.1, 0.15) is 30.9 Å². The lowest BCUT2D eigenvalue weighted by Crippen LogP contribution is -2.40. The number of benzene rings is 1. The van der Waals surface area contributed by atoms with Crippen LogP contribution in [0.2, 0.25) is 0 Å². The van der Waals surface area contributed by atoms with Crippen molar-refractivity contribution in [1.29, 1.82) is 0 Å².